The molecule has 0 spiro atoms. The minimum Gasteiger partial charge on any atom is -0.312 e. The summed E-state index contributed by atoms with van der Waals surface area (Å²) in [6.07, 6.45) is 1.78. The molecule has 0 amide bonds. The Hall–Kier alpha value is -1.12. The van der Waals surface area contributed by atoms with Crippen LogP contribution in [0.3, 0.4) is 0 Å². The molecule has 0 saturated carbocycles. The molecule has 1 rings (SSSR count). The molecule has 0 aromatic carbocycles. The summed E-state index contributed by atoms with van der Waals surface area (Å²) in [5, 5.41) is 0. The van der Waals surface area contributed by atoms with Crippen molar-refractivity contribution in [2.75, 3.05) is 0 Å². The third kappa shape index (κ3) is 2.22. The predicted molar refractivity (Wildman–Crippen MR) is 57.6 cm³/mol. The second-order valence-corrected chi connectivity index (χ2v) is 4.91. The van der Waals surface area contributed by atoms with Crippen molar-refractivity contribution in [1.29, 1.82) is 0 Å². The molecule has 0 unspecified atom stereocenters. The third-order valence-electron chi connectivity index (χ3n) is 2.17. The SMILES string of the molecule is CC(C)c1c[nH]c(=O)nc1C(C)(C)C. The van der Waals surface area contributed by atoms with Crippen LogP contribution in [0.4, 0.5) is 0 Å². The zero-order valence-corrected chi connectivity index (χ0v) is 9.51. The molecule has 0 aliphatic rings. The normalized spacial score (nSPS) is 12.1. The maximum Gasteiger partial charge on any atom is 0.345 e. The molecule has 0 atom stereocenters. The van der Waals surface area contributed by atoms with Gasteiger partial charge in [0.1, 0.15) is 0 Å². The fraction of sp³-hybridized carbons (Fsp3) is 0.636. The Morgan fingerprint density at radius 1 is 1.36 bits per heavy atom. The summed E-state index contributed by atoms with van der Waals surface area (Å²) >= 11 is 0. The van der Waals surface area contributed by atoms with E-state index in [-0.39, 0.29) is 11.1 Å². The summed E-state index contributed by atoms with van der Waals surface area (Å²) in [6, 6.07) is 0. The highest BCUT2D eigenvalue weighted by Gasteiger charge is 2.21. The first-order chi connectivity index (χ1) is 6.32. The van der Waals surface area contributed by atoms with Crippen LogP contribution < -0.4 is 5.69 Å². The molecule has 3 heteroatoms. The molecule has 1 N–H and O–H groups in total. The summed E-state index contributed by atoms with van der Waals surface area (Å²) in [4.78, 5) is 17.8. The topological polar surface area (TPSA) is 45.8 Å². The average Bonchev–Trinajstić information content (AvgIpc) is 2.01. The lowest BCUT2D eigenvalue weighted by atomic mass is 9.86. The van der Waals surface area contributed by atoms with Crippen LogP contribution in [0.5, 0.6) is 0 Å². The van der Waals surface area contributed by atoms with Gasteiger partial charge in [0.25, 0.3) is 0 Å². The largest absolute Gasteiger partial charge is 0.345 e. The van der Waals surface area contributed by atoms with Crippen LogP contribution in [0.25, 0.3) is 0 Å². The minimum absolute atomic E-state index is 0.0755. The molecule has 0 bridgehead atoms. The molecule has 1 aromatic heterocycles. The van der Waals surface area contributed by atoms with Crippen LogP contribution >= 0.6 is 0 Å². The Kier molecular flexibility index (Phi) is 2.79. The monoisotopic (exact) mass is 194 g/mol. The fourth-order valence-corrected chi connectivity index (χ4v) is 1.45. The highest BCUT2D eigenvalue weighted by atomic mass is 16.1. The lowest BCUT2D eigenvalue weighted by molar-refractivity contribution is 0.548. The van der Waals surface area contributed by atoms with Crippen LogP contribution in [0.1, 0.15) is 51.8 Å². The van der Waals surface area contributed by atoms with Gasteiger partial charge in [-0.2, -0.15) is 4.98 Å². The van der Waals surface area contributed by atoms with Gasteiger partial charge in [-0.05, 0) is 11.5 Å². The first-order valence-electron chi connectivity index (χ1n) is 4.92. The van der Waals surface area contributed by atoms with Gasteiger partial charge in [0, 0.05) is 11.6 Å². The number of aromatic amines is 1. The van der Waals surface area contributed by atoms with Gasteiger partial charge in [0.2, 0.25) is 0 Å². The van der Waals surface area contributed by atoms with Crippen molar-refractivity contribution < 1.29 is 0 Å². The van der Waals surface area contributed by atoms with E-state index in [0.29, 0.717) is 5.92 Å². The van der Waals surface area contributed by atoms with Gasteiger partial charge in [-0.25, -0.2) is 4.79 Å². The van der Waals surface area contributed by atoms with Crippen LogP contribution in [-0.4, -0.2) is 9.97 Å². The van der Waals surface area contributed by atoms with Gasteiger partial charge in [-0.1, -0.05) is 34.6 Å². The van der Waals surface area contributed by atoms with E-state index in [9.17, 15) is 4.79 Å². The standard InChI is InChI=1S/C11H18N2O/c1-7(2)8-6-12-10(14)13-9(8)11(3,4)5/h6-7H,1-5H3,(H,12,13,14). The number of H-pyrrole nitrogens is 1. The zero-order valence-electron chi connectivity index (χ0n) is 9.51. The Morgan fingerprint density at radius 2 is 1.93 bits per heavy atom. The molecule has 0 fully saturated rings. The van der Waals surface area contributed by atoms with Crippen molar-refractivity contribution >= 4 is 0 Å². The van der Waals surface area contributed by atoms with E-state index in [4.69, 9.17) is 0 Å². The Labute approximate surface area is 84.6 Å². The summed E-state index contributed by atoms with van der Waals surface area (Å²) < 4.78 is 0. The van der Waals surface area contributed by atoms with Gasteiger partial charge in [0.15, 0.2) is 0 Å². The highest BCUT2D eigenvalue weighted by Crippen LogP contribution is 2.26. The average molecular weight is 194 g/mol. The quantitative estimate of drug-likeness (QED) is 0.744. The molecule has 0 aliphatic carbocycles. The minimum atomic E-state index is -0.265. The highest BCUT2D eigenvalue weighted by molar-refractivity contribution is 5.25. The summed E-state index contributed by atoms with van der Waals surface area (Å²) in [6.45, 7) is 10.4. The lowest BCUT2D eigenvalue weighted by Crippen LogP contribution is -2.24. The van der Waals surface area contributed by atoms with Gasteiger partial charge >= 0.3 is 5.69 Å². The summed E-state index contributed by atoms with van der Waals surface area (Å²) in [5.74, 6) is 0.383. The number of nitrogens with zero attached hydrogens (tertiary/aromatic N) is 1. The number of hydrogen-bond donors (Lipinski definition) is 1. The first-order valence-corrected chi connectivity index (χ1v) is 4.92. The van der Waals surface area contributed by atoms with Crippen molar-refractivity contribution in [3.63, 3.8) is 0 Å². The van der Waals surface area contributed by atoms with E-state index in [2.05, 4.69) is 44.6 Å². The zero-order chi connectivity index (χ0) is 10.9. The molecule has 78 valence electrons. The summed E-state index contributed by atoms with van der Waals surface area (Å²) in [7, 11) is 0. The van der Waals surface area contributed by atoms with Crippen LogP contribution in [-0.2, 0) is 5.41 Å². The number of nitrogens with one attached hydrogen (secondary N) is 1. The van der Waals surface area contributed by atoms with E-state index in [1.54, 1.807) is 6.20 Å². The first kappa shape index (κ1) is 11.0. The van der Waals surface area contributed by atoms with Crippen LogP contribution in [0, 0.1) is 0 Å². The maximum absolute atomic E-state index is 11.1. The van der Waals surface area contributed by atoms with Gasteiger partial charge in [-0.15, -0.1) is 0 Å². The van der Waals surface area contributed by atoms with E-state index in [0.717, 1.165) is 11.3 Å². The van der Waals surface area contributed by atoms with Crippen molar-refractivity contribution in [2.24, 2.45) is 0 Å². The van der Waals surface area contributed by atoms with E-state index < -0.39 is 0 Å². The maximum atomic E-state index is 11.1. The van der Waals surface area contributed by atoms with Crippen LogP contribution in [0.15, 0.2) is 11.0 Å². The number of hydrogen-bond acceptors (Lipinski definition) is 2. The molecule has 14 heavy (non-hydrogen) atoms. The number of aromatic nitrogens is 2. The predicted octanol–water partition coefficient (Wildman–Crippen LogP) is 2.19. The van der Waals surface area contributed by atoms with E-state index in [1.807, 2.05) is 0 Å². The van der Waals surface area contributed by atoms with Crippen molar-refractivity contribution in [3.05, 3.63) is 27.9 Å². The fourth-order valence-electron chi connectivity index (χ4n) is 1.45. The van der Waals surface area contributed by atoms with Gasteiger partial charge in [-0.3, -0.25) is 0 Å². The Balaban J connectivity index is 3.38. The van der Waals surface area contributed by atoms with E-state index in [1.165, 1.54) is 0 Å². The Bertz CT molecular complexity index is 372. The van der Waals surface area contributed by atoms with E-state index >= 15 is 0 Å². The van der Waals surface area contributed by atoms with Gasteiger partial charge in [0.05, 0.1) is 5.69 Å². The second kappa shape index (κ2) is 3.56. The Morgan fingerprint density at radius 3 is 2.36 bits per heavy atom. The molecule has 0 saturated heterocycles. The molecule has 0 radical (unpaired) electrons. The smallest absolute Gasteiger partial charge is 0.312 e. The molecule has 0 aliphatic heterocycles. The van der Waals surface area contributed by atoms with Crippen molar-refractivity contribution in [2.45, 2.75) is 46.0 Å². The summed E-state index contributed by atoms with van der Waals surface area (Å²) in [5.41, 5.74) is 1.68. The van der Waals surface area contributed by atoms with Crippen molar-refractivity contribution in [1.82, 2.24) is 9.97 Å². The van der Waals surface area contributed by atoms with Crippen molar-refractivity contribution in [3.8, 4) is 0 Å². The van der Waals surface area contributed by atoms with Gasteiger partial charge < -0.3 is 4.98 Å². The third-order valence-corrected chi connectivity index (χ3v) is 2.17. The molecule has 1 heterocycles. The second-order valence-electron chi connectivity index (χ2n) is 4.91. The lowest BCUT2D eigenvalue weighted by Gasteiger charge is -2.22. The number of rotatable bonds is 1. The van der Waals surface area contributed by atoms with Crippen LogP contribution in [0.2, 0.25) is 0 Å². The molecule has 1 aromatic rings. The molecular weight excluding hydrogens is 176 g/mol. The molecular formula is C11H18N2O. The molecule has 3 nitrogen and oxygen atoms in total.